The molecule has 0 saturated carbocycles. The topological polar surface area (TPSA) is 67.9 Å². The fourth-order valence-corrected chi connectivity index (χ4v) is 3.37. The fraction of sp³-hybridized carbons (Fsp3) is 0.333. The van der Waals surface area contributed by atoms with Gasteiger partial charge in [0.1, 0.15) is 0 Å². The van der Waals surface area contributed by atoms with Crippen LogP contribution in [-0.4, -0.2) is 36.6 Å². The summed E-state index contributed by atoms with van der Waals surface area (Å²) in [6, 6.07) is 12.1. The van der Waals surface area contributed by atoms with Crippen LogP contribution in [0.4, 0.5) is 5.69 Å². The van der Waals surface area contributed by atoms with E-state index in [2.05, 4.69) is 12.2 Å². The molecule has 0 radical (unpaired) electrons. The quantitative estimate of drug-likeness (QED) is 0.902. The summed E-state index contributed by atoms with van der Waals surface area (Å²) >= 11 is 0. The van der Waals surface area contributed by atoms with E-state index in [1.54, 1.807) is 42.5 Å². The van der Waals surface area contributed by atoms with E-state index in [4.69, 9.17) is 9.47 Å². The Labute approximate surface area is 158 Å². The first-order chi connectivity index (χ1) is 13.1. The molecule has 2 aliphatic rings. The van der Waals surface area contributed by atoms with Gasteiger partial charge in [0.25, 0.3) is 11.8 Å². The predicted molar refractivity (Wildman–Crippen MR) is 101 cm³/mol. The van der Waals surface area contributed by atoms with Gasteiger partial charge in [0.05, 0.1) is 0 Å². The summed E-state index contributed by atoms with van der Waals surface area (Å²) in [5.74, 6) is 1.65. The highest BCUT2D eigenvalue weighted by Crippen LogP contribution is 2.34. The van der Waals surface area contributed by atoms with Crippen LogP contribution in [0.1, 0.15) is 40.5 Å². The molecule has 6 heteroatoms. The van der Waals surface area contributed by atoms with Crippen molar-refractivity contribution in [2.75, 3.05) is 25.2 Å². The zero-order valence-corrected chi connectivity index (χ0v) is 15.2. The lowest BCUT2D eigenvalue weighted by molar-refractivity contribution is 0.0697. The van der Waals surface area contributed by atoms with Crippen LogP contribution in [0.5, 0.6) is 11.5 Å². The highest BCUT2D eigenvalue weighted by Gasteiger charge is 2.22. The average molecular weight is 366 g/mol. The maximum Gasteiger partial charge on any atom is 0.255 e. The van der Waals surface area contributed by atoms with Gasteiger partial charge in [-0.25, -0.2) is 0 Å². The molecule has 2 heterocycles. The number of fused-ring (bicyclic) bond motifs is 1. The number of carbonyl (C=O) groups excluding carboxylic acids is 2. The van der Waals surface area contributed by atoms with Crippen molar-refractivity contribution < 1.29 is 19.1 Å². The molecule has 0 unspecified atom stereocenters. The lowest BCUT2D eigenvalue weighted by atomic mass is 9.98. The van der Waals surface area contributed by atoms with Crippen LogP contribution in [0.15, 0.2) is 42.5 Å². The number of ether oxygens (including phenoxy) is 2. The molecule has 1 saturated heterocycles. The van der Waals surface area contributed by atoms with Crippen molar-refractivity contribution in [3.63, 3.8) is 0 Å². The van der Waals surface area contributed by atoms with Crippen molar-refractivity contribution in [3.05, 3.63) is 53.6 Å². The minimum Gasteiger partial charge on any atom is -0.454 e. The second kappa shape index (κ2) is 7.31. The molecule has 27 heavy (non-hydrogen) atoms. The van der Waals surface area contributed by atoms with Crippen LogP contribution in [-0.2, 0) is 0 Å². The van der Waals surface area contributed by atoms with Gasteiger partial charge in [0, 0.05) is 36.0 Å². The Morgan fingerprint density at radius 2 is 1.74 bits per heavy atom. The first-order valence-corrected chi connectivity index (χ1v) is 9.20. The van der Waals surface area contributed by atoms with Crippen LogP contribution in [0.2, 0.25) is 0 Å². The largest absolute Gasteiger partial charge is 0.454 e. The van der Waals surface area contributed by atoms with Gasteiger partial charge in [-0.1, -0.05) is 13.0 Å². The average Bonchev–Trinajstić information content (AvgIpc) is 3.16. The van der Waals surface area contributed by atoms with E-state index < -0.39 is 0 Å². The molecular weight excluding hydrogens is 344 g/mol. The molecule has 4 rings (SSSR count). The van der Waals surface area contributed by atoms with Gasteiger partial charge in [-0.15, -0.1) is 0 Å². The smallest absolute Gasteiger partial charge is 0.255 e. The number of nitrogens with one attached hydrogen (secondary N) is 1. The van der Waals surface area contributed by atoms with Gasteiger partial charge < -0.3 is 19.7 Å². The zero-order valence-electron chi connectivity index (χ0n) is 15.2. The second-order valence-electron chi connectivity index (χ2n) is 7.08. The van der Waals surface area contributed by atoms with Gasteiger partial charge in [0.15, 0.2) is 11.5 Å². The summed E-state index contributed by atoms with van der Waals surface area (Å²) in [5, 5.41) is 2.84. The highest BCUT2D eigenvalue weighted by atomic mass is 16.7. The SMILES string of the molecule is CC1CCN(C(=O)c2cccc(C(=O)Nc3ccc4c(c3)OCO4)c2)CC1. The molecule has 0 aromatic heterocycles. The second-order valence-corrected chi connectivity index (χ2v) is 7.08. The van der Waals surface area contributed by atoms with E-state index in [0.717, 1.165) is 25.9 Å². The van der Waals surface area contributed by atoms with Crippen LogP contribution < -0.4 is 14.8 Å². The Hall–Kier alpha value is -3.02. The zero-order chi connectivity index (χ0) is 18.8. The van der Waals surface area contributed by atoms with Gasteiger partial charge in [-0.3, -0.25) is 9.59 Å². The summed E-state index contributed by atoms with van der Waals surface area (Å²) in [7, 11) is 0. The molecule has 0 bridgehead atoms. The van der Waals surface area contributed by atoms with E-state index in [1.165, 1.54) is 0 Å². The van der Waals surface area contributed by atoms with Gasteiger partial charge in [-0.05, 0) is 49.1 Å². The number of piperidine rings is 1. The van der Waals surface area contributed by atoms with Gasteiger partial charge in [-0.2, -0.15) is 0 Å². The molecular formula is C21H22N2O4. The normalized spacial score (nSPS) is 16.3. The van der Waals surface area contributed by atoms with Gasteiger partial charge in [0.2, 0.25) is 6.79 Å². The van der Waals surface area contributed by atoms with E-state index in [9.17, 15) is 9.59 Å². The first-order valence-electron chi connectivity index (χ1n) is 9.20. The summed E-state index contributed by atoms with van der Waals surface area (Å²) in [5.41, 5.74) is 1.61. The fourth-order valence-electron chi connectivity index (χ4n) is 3.37. The molecule has 2 aromatic carbocycles. The van der Waals surface area contributed by atoms with Crippen LogP contribution in [0, 0.1) is 5.92 Å². The molecule has 2 aromatic rings. The van der Waals surface area contributed by atoms with Crippen molar-refractivity contribution in [3.8, 4) is 11.5 Å². The van der Waals surface area contributed by atoms with Crippen LogP contribution >= 0.6 is 0 Å². The first kappa shape index (κ1) is 17.4. The number of hydrogen-bond donors (Lipinski definition) is 1. The number of nitrogens with zero attached hydrogens (tertiary/aromatic N) is 1. The Kier molecular flexibility index (Phi) is 4.71. The number of likely N-dealkylation sites (tertiary alicyclic amines) is 1. The number of rotatable bonds is 3. The summed E-state index contributed by atoms with van der Waals surface area (Å²) in [6.45, 7) is 3.94. The highest BCUT2D eigenvalue weighted by molar-refractivity contribution is 6.06. The van der Waals surface area contributed by atoms with E-state index in [1.807, 2.05) is 4.90 Å². The number of benzene rings is 2. The third-order valence-electron chi connectivity index (χ3n) is 5.07. The minimum atomic E-state index is -0.268. The van der Waals surface area contributed by atoms with E-state index in [0.29, 0.717) is 34.2 Å². The number of carbonyl (C=O) groups is 2. The van der Waals surface area contributed by atoms with Crippen molar-refractivity contribution in [2.45, 2.75) is 19.8 Å². The molecule has 0 aliphatic carbocycles. The molecule has 0 atom stereocenters. The Morgan fingerprint density at radius 3 is 2.56 bits per heavy atom. The molecule has 1 N–H and O–H groups in total. The molecule has 1 fully saturated rings. The number of hydrogen-bond acceptors (Lipinski definition) is 4. The number of anilines is 1. The van der Waals surface area contributed by atoms with Crippen molar-refractivity contribution >= 4 is 17.5 Å². The number of amides is 2. The standard InChI is InChI=1S/C21H22N2O4/c1-14-7-9-23(10-8-14)21(25)16-4-2-3-15(11-16)20(24)22-17-5-6-18-19(12-17)27-13-26-18/h2-6,11-12,14H,7-10,13H2,1H3,(H,22,24). The Morgan fingerprint density at radius 1 is 1.00 bits per heavy atom. The minimum absolute atomic E-state index is 0.0142. The van der Waals surface area contributed by atoms with Crippen LogP contribution in [0.25, 0.3) is 0 Å². The molecule has 140 valence electrons. The Balaban J connectivity index is 1.47. The van der Waals surface area contributed by atoms with Crippen molar-refractivity contribution in [1.29, 1.82) is 0 Å². The maximum atomic E-state index is 12.7. The van der Waals surface area contributed by atoms with Crippen molar-refractivity contribution in [1.82, 2.24) is 4.90 Å². The molecule has 2 amide bonds. The monoisotopic (exact) mass is 366 g/mol. The summed E-state index contributed by atoms with van der Waals surface area (Å²) in [6.07, 6.45) is 2.05. The third kappa shape index (κ3) is 3.74. The summed E-state index contributed by atoms with van der Waals surface area (Å²) < 4.78 is 10.6. The van der Waals surface area contributed by atoms with Gasteiger partial charge >= 0.3 is 0 Å². The van der Waals surface area contributed by atoms with Crippen molar-refractivity contribution in [2.24, 2.45) is 5.92 Å². The molecule has 2 aliphatic heterocycles. The Bertz CT molecular complexity index is 872. The maximum absolute atomic E-state index is 12.7. The molecule has 6 nitrogen and oxygen atoms in total. The van der Waals surface area contributed by atoms with Crippen LogP contribution in [0.3, 0.4) is 0 Å². The van der Waals surface area contributed by atoms with E-state index in [-0.39, 0.29) is 18.6 Å². The lowest BCUT2D eigenvalue weighted by Crippen LogP contribution is -2.38. The lowest BCUT2D eigenvalue weighted by Gasteiger charge is -2.30. The predicted octanol–water partition coefficient (Wildman–Crippen LogP) is 3.54. The van der Waals surface area contributed by atoms with E-state index >= 15 is 0 Å². The summed E-state index contributed by atoms with van der Waals surface area (Å²) in [4.78, 5) is 27.2. The molecule has 0 spiro atoms. The third-order valence-corrected chi connectivity index (χ3v) is 5.07.